The van der Waals surface area contributed by atoms with Crippen molar-refractivity contribution in [3.8, 4) is 11.4 Å². The second-order valence-corrected chi connectivity index (χ2v) is 5.85. The van der Waals surface area contributed by atoms with Crippen LogP contribution >= 0.6 is 11.3 Å². The number of thiophene rings is 1. The molecule has 0 bridgehead atoms. The van der Waals surface area contributed by atoms with Crippen LogP contribution in [0.5, 0.6) is 0 Å². The maximum atomic E-state index is 11.8. The Bertz CT molecular complexity index is 814. The first-order valence-corrected chi connectivity index (χ1v) is 7.27. The van der Waals surface area contributed by atoms with E-state index in [1.165, 1.54) is 4.70 Å². The predicted octanol–water partition coefficient (Wildman–Crippen LogP) is 3.53. The minimum absolute atomic E-state index is 0.0535. The molecule has 1 N–H and O–H groups in total. The minimum Gasteiger partial charge on any atom is -0.306 e. The highest BCUT2D eigenvalue weighted by molar-refractivity contribution is 7.17. The summed E-state index contributed by atoms with van der Waals surface area (Å²) in [4.78, 5) is 19.3. The van der Waals surface area contributed by atoms with E-state index in [1.54, 1.807) is 17.4 Å². The van der Waals surface area contributed by atoms with Crippen molar-refractivity contribution in [1.82, 2.24) is 9.97 Å². The molecule has 1 fully saturated rings. The lowest BCUT2D eigenvalue weighted by atomic mass is 10.1. The second-order valence-electron chi connectivity index (χ2n) is 4.94. The molecule has 3 aromatic rings. The lowest BCUT2D eigenvalue weighted by Crippen LogP contribution is -2.09. The van der Waals surface area contributed by atoms with E-state index in [4.69, 9.17) is 0 Å². The third kappa shape index (κ3) is 1.88. The Labute approximate surface area is 114 Å². The molecule has 94 valence electrons. The summed E-state index contributed by atoms with van der Waals surface area (Å²) in [6.07, 6.45) is 2.31. The monoisotopic (exact) mass is 268 g/mol. The average Bonchev–Trinajstić information content (AvgIpc) is 3.18. The molecule has 0 amide bonds. The van der Waals surface area contributed by atoms with Crippen LogP contribution in [-0.2, 0) is 0 Å². The van der Waals surface area contributed by atoms with Gasteiger partial charge in [-0.25, -0.2) is 4.98 Å². The van der Waals surface area contributed by atoms with E-state index < -0.39 is 0 Å². The van der Waals surface area contributed by atoms with Crippen LogP contribution in [0.4, 0.5) is 0 Å². The van der Waals surface area contributed by atoms with E-state index in [0.29, 0.717) is 11.7 Å². The van der Waals surface area contributed by atoms with Gasteiger partial charge in [-0.05, 0) is 18.9 Å². The van der Waals surface area contributed by atoms with Gasteiger partial charge in [0.15, 0.2) is 0 Å². The molecule has 1 aliphatic rings. The van der Waals surface area contributed by atoms with Crippen molar-refractivity contribution in [1.29, 1.82) is 0 Å². The zero-order valence-corrected chi connectivity index (χ0v) is 11.0. The molecule has 4 heteroatoms. The predicted molar refractivity (Wildman–Crippen MR) is 77.7 cm³/mol. The van der Waals surface area contributed by atoms with Crippen molar-refractivity contribution in [3.05, 3.63) is 51.8 Å². The average molecular weight is 268 g/mol. The van der Waals surface area contributed by atoms with Gasteiger partial charge >= 0.3 is 0 Å². The van der Waals surface area contributed by atoms with E-state index in [1.807, 2.05) is 12.1 Å². The van der Waals surface area contributed by atoms with E-state index in [-0.39, 0.29) is 5.56 Å². The van der Waals surface area contributed by atoms with Gasteiger partial charge in [-0.15, -0.1) is 11.3 Å². The molecule has 1 saturated carbocycles. The summed E-state index contributed by atoms with van der Waals surface area (Å²) in [5.41, 5.74) is 1.91. The highest BCUT2D eigenvalue weighted by Crippen LogP contribution is 2.39. The van der Waals surface area contributed by atoms with Crippen LogP contribution in [-0.4, -0.2) is 9.97 Å². The normalized spacial score (nSPS) is 14.9. The third-order valence-corrected chi connectivity index (χ3v) is 4.46. The summed E-state index contributed by atoms with van der Waals surface area (Å²) in [6, 6.07) is 9.84. The summed E-state index contributed by atoms with van der Waals surface area (Å²) in [7, 11) is 0. The van der Waals surface area contributed by atoms with Gasteiger partial charge in [0.05, 0.1) is 5.69 Å². The first-order chi connectivity index (χ1) is 9.31. The summed E-state index contributed by atoms with van der Waals surface area (Å²) >= 11 is 1.68. The van der Waals surface area contributed by atoms with Crippen LogP contribution in [0.15, 0.2) is 40.5 Å². The number of fused-ring (bicyclic) bond motifs is 1. The summed E-state index contributed by atoms with van der Waals surface area (Å²) < 4.78 is 1.22. The molecule has 4 rings (SSSR count). The Morgan fingerprint density at radius 2 is 2.11 bits per heavy atom. The molecule has 0 unspecified atom stereocenters. The van der Waals surface area contributed by atoms with E-state index in [0.717, 1.165) is 29.5 Å². The molecule has 0 atom stereocenters. The number of benzene rings is 1. The number of hydrogen-bond donors (Lipinski definition) is 1. The molecular formula is C15H12N2OS. The third-order valence-electron chi connectivity index (χ3n) is 3.49. The van der Waals surface area contributed by atoms with Crippen molar-refractivity contribution in [3.63, 3.8) is 0 Å². The fraction of sp³-hybridized carbons (Fsp3) is 0.200. The zero-order chi connectivity index (χ0) is 12.8. The molecule has 2 heterocycles. The first kappa shape index (κ1) is 10.9. The summed E-state index contributed by atoms with van der Waals surface area (Å²) in [6.45, 7) is 0. The fourth-order valence-electron chi connectivity index (χ4n) is 2.35. The molecule has 1 aromatic carbocycles. The number of nitrogens with one attached hydrogen (secondary N) is 1. The molecule has 1 aliphatic carbocycles. The first-order valence-electron chi connectivity index (χ1n) is 6.39. The maximum absolute atomic E-state index is 11.8. The Balaban J connectivity index is 1.94. The quantitative estimate of drug-likeness (QED) is 0.772. The number of rotatable bonds is 2. The Morgan fingerprint density at radius 3 is 2.95 bits per heavy atom. The molecule has 3 nitrogen and oxygen atoms in total. The van der Waals surface area contributed by atoms with Crippen LogP contribution < -0.4 is 5.56 Å². The van der Waals surface area contributed by atoms with Gasteiger partial charge in [0, 0.05) is 33.0 Å². The Morgan fingerprint density at radius 1 is 1.26 bits per heavy atom. The number of nitrogens with zero attached hydrogens (tertiary/aromatic N) is 1. The molecule has 0 radical (unpaired) electrons. The number of H-pyrrole nitrogens is 1. The van der Waals surface area contributed by atoms with E-state index in [9.17, 15) is 4.79 Å². The summed E-state index contributed by atoms with van der Waals surface area (Å²) in [5.74, 6) is 1.19. The smallest absolute Gasteiger partial charge is 0.251 e. The Kier molecular flexibility index (Phi) is 2.32. The molecule has 0 saturated heterocycles. The zero-order valence-electron chi connectivity index (χ0n) is 10.2. The molecule has 2 aromatic heterocycles. The highest BCUT2D eigenvalue weighted by Gasteiger charge is 2.26. The molecular weight excluding hydrogens is 256 g/mol. The number of hydrogen-bond acceptors (Lipinski definition) is 3. The Hall–Kier alpha value is -1.94. The largest absolute Gasteiger partial charge is 0.306 e. The van der Waals surface area contributed by atoms with Crippen molar-refractivity contribution in [2.24, 2.45) is 0 Å². The highest BCUT2D eigenvalue weighted by atomic mass is 32.1. The minimum atomic E-state index is -0.0535. The van der Waals surface area contributed by atoms with Crippen molar-refractivity contribution < 1.29 is 0 Å². The lowest BCUT2D eigenvalue weighted by Gasteiger charge is -2.02. The van der Waals surface area contributed by atoms with Crippen molar-refractivity contribution in [2.45, 2.75) is 18.8 Å². The molecule has 0 aliphatic heterocycles. The van der Waals surface area contributed by atoms with Gasteiger partial charge in [-0.2, -0.15) is 0 Å². The SMILES string of the molecule is O=c1cc(C2CC2)nc(-c2csc3ccccc23)[nH]1. The molecule has 0 spiro atoms. The van der Waals surface area contributed by atoms with Crippen LogP contribution in [0, 0.1) is 0 Å². The van der Waals surface area contributed by atoms with Gasteiger partial charge in [0.2, 0.25) is 0 Å². The van der Waals surface area contributed by atoms with Gasteiger partial charge in [-0.3, -0.25) is 4.79 Å². The van der Waals surface area contributed by atoms with Gasteiger partial charge in [0.25, 0.3) is 5.56 Å². The molecule has 19 heavy (non-hydrogen) atoms. The van der Waals surface area contributed by atoms with Gasteiger partial charge < -0.3 is 4.98 Å². The number of aromatic nitrogens is 2. The van der Waals surface area contributed by atoms with E-state index >= 15 is 0 Å². The van der Waals surface area contributed by atoms with Gasteiger partial charge in [-0.1, -0.05) is 18.2 Å². The summed E-state index contributed by atoms with van der Waals surface area (Å²) in [5, 5.41) is 3.23. The van der Waals surface area contributed by atoms with Crippen LogP contribution in [0.1, 0.15) is 24.5 Å². The fourth-order valence-corrected chi connectivity index (χ4v) is 3.30. The lowest BCUT2D eigenvalue weighted by molar-refractivity contribution is 0.978. The second kappa shape index (κ2) is 4.03. The number of aromatic amines is 1. The van der Waals surface area contributed by atoms with Crippen molar-refractivity contribution >= 4 is 21.4 Å². The standard InChI is InChI=1S/C15H12N2OS/c18-14-7-12(9-5-6-9)16-15(17-14)11-8-19-13-4-2-1-3-10(11)13/h1-4,7-9H,5-6H2,(H,16,17,18). The van der Waals surface area contributed by atoms with E-state index in [2.05, 4.69) is 27.5 Å². The van der Waals surface area contributed by atoms with Crippen LogP contribution in [0.25, 0.3) is 21.5 Å². The van der Waals surface area contributed by atoms with Crippen molar-refractivity contribution in [2.75, 3.05) is 0 Å². The maximum Gasteiger partial charge on any atom is 0.251 e. The van der Waals surface area contributed by atoms with Crippen LogP contribution in [0.2, 0.25) is 0 Å². The topological polar surface area (TPSA) is 45.8 Å². The van der Waals surface area contributed by atoms with Gasteiger partial charge in [0.1, 0.15) is 5.82 Å². The van der Waals surface area contributed by atoms with Crippen LogP contribution in [0.3, 0.4) is 0 Å².